The quantitative estimate of drug-likeness (QED) is 0.932. The van der Waals surface area contributed by atoms with E-state index in [1.807, 2.05) is 27.2 Å². The van der Waals surface area contributed by atoms with Crippen LogP contribution in [0.2, 0.25) is 0 Å². The third-order valence-corrected chi connectivity index (χ3v) is 4.12. The molecule has 0 saturated carbocycles. The fraction of sp³-hybridized carbons (Fsp3) is 0.533. The van der Waals surface area contributed by atoms with Gasteiger partial charge in [-0.25, -0.2) is 14.6 Å². The van der Waals surface area contributed by atoms with Gasteiger partial charge in [-0.05, 0) is 33.2 Å². The predicted molar refractivity (Wildman–Crippen MR) is 80.3 cm³/mol. The molecule has 112 valence electrons. The molecule has 0 aromatic carbocycles. The summed E-state index contributed by atoms with van der Waals surface area (Å²) in [6.07, 6.45) is 5.24. The Labute approximate surface area is 124 Å². The van der Waals surface area contributed by atoms with Crippen molar-refractivity contribution < 1.29 is 4.74 Å². The Morgan fingerprint density at radius 3 is 2.95 bits per heavy atom. The van der Waals surface area contributed by atoms with Crippen molar-refractivity contribution in [3.8, 4) is 17.3 Å². The second kappa shape index (κ2) is 5.44. The average Bonchev–Trinajstić information content (AvgIpc) is 2.79. The topological polar surface area (TPSA) is 64.9 Å². The smallest absolute Gasteiger partial charge is 0.222 e. The summed E-state index contributed by atoms with van der Waals surface area (Å²) in [6.45, 7) is 1.96. The Hall–Kier alpha value is -1.95. The summed E-state index contributed by atoms with van der Waals surface area (Å²) >= 11 is 0. The van der Waals surface area contributed by atoms with Crippen molar-refractivity contribution in [2.24, 2.45) is 7.05 Å². The molecule has 3 rings (SSSR count). The van der Waals surface area contributed by atoms with E-state index in [1.54, 1.807) is 11.8 Å². The first-order chi connectivity index (χ1) is 10.2. The van der Waals surface area contributed by atoms with Gasteiger partial charge in [0.25, 0.3) is 0 Å². The second-order valence-electron chi connectivity index (χ2n) is 5.42. The van der Waals surface area contributed by atoms with Gasteiger partial charge in [-0.3, -0.25) is 0 Å². The highest BCUT2D eigenvalue weighted by molar-refractivity contribution is 5.65. The van der Waals surface area contributed by atoms with E-state index in [0.717, 1.165) is 36.2 Å². The minimum absolute atomic E-state index is 0.361. The molecule has 1 N–H and O–H groups in total. The standard InChI is InChI=1S/C15H21N5O/c1-9-13(15(21-4)20(3)19-9)14-17-8-10-11(16-2)6-5-7-12(10)18-14/h8,11,16H,5-7H2,1-4H3. The molecule has 0 amide bonds. The summed E-state index contributed by atoms with van der Waals surface area (Å²) in [5, 5.41) is 7.74. The highest BCUT2D eigenvalue weighted by Gasteiger charge is 2.24. The molecule has 0 aliphatic heterocycles. The molecule has 1 unspecified atom stereocenters. The number of rotatable bonds is 3. The van der Waals surface area contributed by atoms with Crippen LogP contribution in [0.3, 0.4) is 0 Å². The van der Waals surface area contributed by atoms with Gasteiger partial charge in [0.2, 0.25) is 5.88 Å². The van der Waals surface area contributed by atoms with Gasteiger partial charge in [0, 0.05) is 30.5 Å². The van der Waals surface area contributed by atoms with Crippen molar-refractivity contribution in [2.75, 3.05) is 14.2 Å². The van der Waals surface area contributed by atoms with Gasteiger partial charge in [0.05, 0.1) is 12.8 Å². The number of methoxy groups -OCH3 is 1. The fourth-order valence-electron chi connectivity index (χ4n) is 3.10. The molecule has 1 atom stereocenters. The minimum Gasteiger partial charge on any atom is -0.481 e. The number of ether oxygens (including phenoxy) is 1. The molecule has 0 spiro atoms. The van der Waals surface area contributed by atoms with Gasteiger partial charge in [0.1, 0.15) is 5.56 Å². The number of hydrogen-bond donors (Lipinski definition) is 1. The van der Waals surface area contributed by atoms with Crippen LogP contribution in [0.25, 0.3) is 11.4 Å². The van der Waals surface area contributed by atoms with Gasteiger partial charge in [-0.15, -0.1) is 0 Å². The molecule has 2 aromatic heterocycles. The maximum Gasteiger partial charge on any atom is 0.222 e. The predicted octanol–water partition coefficient (Wildman–Crippen LogP) is 1.79. The van der Waals surface area contributed by atoms with E-state index < -0.39 is 0 Å². The zero-order chi connectivity index (χ0) is 15.0. The summed E-state index contributed by atoms with van der Waals surface area (Å²) in [6, 6.07) is 0.361. The molecule has 6 nitrogen and oxygen atoms in total. The third-order valence-electron chi connectivity index (χ3n) is 4.12. The molecule has 0 radical (unpaired) electrons. The van der Waals surface area contributed by atoms with E-state index in [9.17, 15) is 0 Å². The first kappa shape index (κ1) is 14.0. The fourth-order valence-corrected chi connectivity index (χ4v) is 3.10. The molecular weight excluding hydrogens is 266 g/mol. The van der Waals surface area contributed by atoms with Crippen LogP contribution < -0.4 is 10.1 Å². The Morgan fingerprint density at radius 2 is 2.24 bits per heavy atom. The largest absolute Gasteiger partial charge is 0.481 e. The van der Waals surface area contributed by atoms with Crippen LogP contribution in [0.4, 0.5) is 0 Å². The van der Waals surface area contributed by atoms with Crippen LogP contribution >= 0.6 is 0 Å². The van der Waals surface area contributed by atoms with E-state index >= 15 is 0 Å². The third kappa shape index (κ3) is 2.29. The zero-order valence-electron chi connectivity index (χ0n) is 13.0. The Kier molecular flexibility index (Phi) is 3.63. The lowest BCUT2D eigenvalue weighted by Crippen LogP contribution is -2.22. The van der Waals surface area contributed by atoms with Crippen molar-refractivity contribution in [3.63, 3.8) is 0 Å². The number of aromatic nitrogens is 4. The summed E-state index contributed by atoms with van der Waals surface area (Å²) in [4.78, 5) is 9.34. The van der Waals surface area contributed by atoms with Crippen LogP contribution in [-0.4, -0.2) is 33.9 Å². The van der Waals surface area contributed by atoms with Crippen molar-refractivity contribution >= 4 is 0 Å². The Balaban J connectivity index is 2.09. The lowest BCUT2D eigenvalue weighted by molar-refractivity contribution is 0.374. The van der Waals surface area contributed by atoms with Crippen LogP contribution in [0.15, 0.2) is 6.20 Å². The lowest BCUT2D eigenvalue weighted by Gasteiger charge is -2.24. The van der Waals surface area contributed by atoms with Gasteiger partial charge >= 0.3 is 0 Å². The van der Waals surface area contributed by atoms with E-state index in [-0.39, 0.29) is 0 Å². The minimum atomic E-state index is 0.361. The average molecular weight is 287 g/mol. The normalized spacial score (nSPS) is 17.6. The number of nitrogens with one attached hydrogen (secondary N) is 1. The highest BCUT2D eigenvalue weighted by Crippen LogP contribution is 2.33. The van der Waals surface area contributed by atoms with E-state index in [2.05, 4.69) is 15.4 Å². The number of hydrogen-bond acceptors (Lipinski definition) is 5. The first-order valence-electron chi connectivity index (χ1n) is 7.26. The molecule has 0 fully saturated rings. The van der Waals surface area contributed by atoms with Gasteiger partial charge in [-0.1, -0.05) is 0 Å². The van der Waals surface area contributed by atoms with Gasteiger partial charge < -0.3 is 10.1 Å². The molecule has 1 aliphatic rings. The molecule has 21 heavy (non-hydrogen) atoms. The van der Waals surface area contributed by atoms with Crippen LogP contribution in [0.1, 0.15) is 35.8 Å². The highest BCUT2D eigenvalue weighted by atomic mass is 16.5. The summed E-state index contributed by atoms with van der Waals surface area (Å²) in [5.74, 6) is 1.40. The van der Waals surface area contributed by atoms with Crippen molar-refractivity contribution in [2.45, 2.75) is 32.2 Å². The van der Waals surface area contributed by atoms with Crippen molar-refractivity contribution in [1.29, 1.82) is 0 Å². The van der Waals surface area contributed by atoms with E-state index in [4.69, 9.17) is 9.72 Å². The zero-order valence-corrected chi connectivity index (χ0v) is 13.0. The summed E-state index contributed by atoms with van der Waals surface area (Å²) in [7, 11) is 5.50. The number of aryl methyl sites for hydroxylation is 3. The number of nitrogens with zero attached hydrogens (tertiary/aromatic N) is 4. The van der Waals surface area contributed by atoms with Gasteiger partial charge in [0.15, 0.2) is 5.82 Å². The van der Waals surface area contributed by atoms with E-state index in [0.29, 0.717) is 17.7 Å². The van der Waals surface area contributed by atoms with Crippen molar-refractivity contribution in [1.82, 2.24) is 25.1 Å². The number of fused-ring (bicyclic) bond motifs is 1. The van der Waals surface area contributed by atoms with Crippen molar-refractivity contribution in [3.05, 3.63) is 23.1 Å². The maximum absolute atomic E-state index is 5.45. The SMILES string of the molecule is CNC1CCCc2nc(-c3c(C)nn(C)c3OC)ncc21. The molecule has 2 aromatic rings. The molecule has 6 heteroatoms. The Bertz CT molecular complexity index is 664. The van der Waals surface area contributed by atoms with E-state index in [1.165, 1.54) is 5.56 Å². The van der Waals surface area contributed by atoms with Crippen LogP contribution in [-0.2, 0) is 13.5 Å². The second-order valence-corrected chi connectivity index (χ2v) is 5.42. The Morgan fingerprint density at radius 1 is 1.43 bits per heavy atom. The lowest BCUT2D eigenvalue weighted by atomic mass is 9.92. The summed E-state index contributed by atoms with van der Waals surface area (Å²) in [5.41, 5.74) is 4.12. The molecule has 2 heterocycles. The molecule has 0 bridgehead atoms. The first-order valence-corrected chi connectivity index (χ1v) is 7.26. The summed E-state index contributed by atoms with van der Waals surface area (Å²) < 4.78 is 7.17. The van der Waals surface area contributed by atoms with Crippen LogP contribution in [0, 0.1) is 6.92 Å². The van der Waals surface area contributed by atoms with Crippen LogP contribution in [0.5, 0.6) is 5.88 Å². The molecule has 1 aliphatic carbocycles. The van der Waals surface area contributed by atoms with Gasteiger partial charge in [-0.2, -0.15) is 5.10 Å². The maximum atomic E-state index is 5.45. The molecular formula is C15H21N5O. The molecule has 0 saturated heterocycles. The monoisotopic (exact) mass is 287 g/mol.